The minimum absolute atomic E-state index is 0.000951. The summed E-state index contributed by atoms with van der Waals surface area (Å²) in [5.41, 5.74) is 2.57. The molecule has 0 bridgehead atoms. The summed E-state index contributed by atoms with van der Waals surface area (Å²) in [5.74, 6) is -1.33. The summed E-state index contributed by atoms with van der Waals surface area (Å²) in [4.78, 5) is 30.0. The molecule has 0 spiro atoms. The van der Waals surface area contributed by atoms with Crippen LogP contribution in [0.1, 0.15) is 42.4 Å². The Kier molecular flexibility index (Phi) is 10.8. The highest BCUT2D eigenvalue weighted by Gasteiger charge is 2.35. The minimum Gasteiger partial charge on any atom is -0.352 e. The summed E-state index contributed by atoms with van der Waals surface area (Å²) in [5, 5.41) is 3.55. The summed E-state index contributed by atoms with van der Waals surface area (Å²) in [7, 11) is -4.22. The average Bonchev–Trinajstić information content (AvgIpc) is 3.56. The molecule has 1 N–H and O–H groups in total. The van der Waals surface area contributed by atoms with E-state index in [9.17, 15) is 22.4 Å². The number of hydrogen-bond donors (Lipinski definition) is 1. The average molecular weight is 662 g/mol. The molecule has 1 saturated carbocycles. The van der Waals surface area contributed by atoms with E-state index in [1.54, 1.807) is 48.5 Å². The highest BCUT2D eigenvalue weighted by molar-refractivity contribution is 7.92. The third kappa shape index (κ3) is 8.33. The van der Waals surface area contributed by atoms with E-state index in [1.165, 1.54) is 29.2 Å². The molecule has 2 amide bonds. The molecule has 0 saturated heterocycles. The number of hydrogen-bond acceptors (Lipinski definition) is 4. The molecule has 0 heterocycles. The molecule has 4 aromatic rings. The molecular weight excluding hydrogens is 625 g/mol. The first-order valence-corrected chi connectivity index (χ1v) is 17.1. The number of carbonyl (C=O) groups excluding carboxylic acids is 2. The number of benzene rings is 4. The van der Waals surface area contributed by atoms with Crippen molar-refractivity contribution in [2.45, 2.75) is 62.6 Å². The molecule has 7 nitrogen and oxygen atoms in total. The molecular formula is C36H37ClFN3O4S. The number of amides is 2. The lowest BCUT2D eigenvalue weighted by molar-refractivity contribution is -0.140. The lowest BCUT2D eigenvalue weighted by atomic mass is 10.0. The predicted octanol–water partition coefficient (Wildman–Crippen LogP) is 6.68. The summed E-state index contributed by atoms with van der Waals surface area (Å²) in [6.07, 6.45) is 3.95. The third-order valence-corrected chi connectivity index (χ3v) is 10.3. The van der Waals surface area contributed by atoms with E-state index in [0.717, 1.165) is 41.1 Å². The van der Waals surface area contributed by atoms with Crippen molar-refractivity contribution >= 4 is 39.1 Å². The summed E-state index contributed by atoms with van der Waals surface area (Å²) < 4.78 is 43.1. The second-order valence-corrected chi connectivity index (χ2v) is 13.9. The van der Waals surface area contributed by atoms with Crippen LogP contribution in [0.15, 0.2) is 108 Å². The first-order valence-electron chi connectivity index (χ1n) is 15.3. The van der Waals surface area contributed by atoms with Crippen LogP contribution in [0.5, 0.6) is 0 Å². The van der Waals surface area contributed by atoms with E-state index in [2.05, 4.69) is 5.32 Å². The second-order valence-electron chi connectivity index (χ2n) is 11.6. The van der Waals surface area contributed by atoms with Crippen molar-refractivity contribution in [1.29, 1.82) is 0 Å². The van der Waals surface area contributed by atoms with E-state index < -0.39 is 34.3 Å². The number of halogens is 2. The number of carbonyl (C=O) groups is 2. The molecule has 5 rings (SSSR count). The van der Waals surface area contributed by atoms with Crippen LogP contribution in [0, 0.1) is 12.7 Å². The van der Waals surface area contributed by atoms with Gasteiger partial charge in [-0.1, -0.05) is 84.6 Å². The molecule has 1 aliphatic carbocycles. The van der Waals surface area contributed by atoms with E-state index in [4.69, 9.17) is 11.6 Å². The number of anilines is 1. The number of nitrogens with one attached hydrogen (secondary N) is 1. The predicted molar refractivity (Wildman–Crippen MR) is 178 cm³/mol. The number of sulfonamides is 1. The van der Waals surface area contributed by atoms with E-state index in [-0.39, 0.29) is 35.5 Å². The monoisotopic (exact) mass is 661 g/mol. The van der Waals surface area contributed by atoms with Crippen LogP contribution in [0.2, 0.25) is 5.02 Å². The van der Waals surface area contributed by atoms with Crippen molar-refractivity contribution in [3.05, 3.63) is 131 Å². The largest absolute Gasteiger partial charge is 0.352 e. The van der Waals surface area contributed by atoms with E-state index in [0.29, 0.717) is 10.6 Å². The van der Waals surface area contributed by atoms with Gasteiger partial charge in [-0.25, -0.2) is 12.8 Å². The molecule has 1 aliphatic rings. The Bertz CT molecular complexity index is 1730. The Morgan fingerprint density at radius 2 is 1.50 bits per heavy atom. The van der Waals surface area contributed by atoms with Gasteiger partial charge in [0, 0.05) is 24.0 Å². The minimum atomic E-state index is -4.22. The fourth-order valence-electron chi connectivity index (χ4n) is 5.68. The Morgan fingerprint density at radius 3 is 2.13 bits per heavy atom. The Balaban J connectivity index is 1.55. The first kappa shape index (κ1) is 33.2. The van der Waals surface area contributed by atoms with Crippen molar-refractivity contribution in [2.24, 2.45) is 0 Å². The SMILES string of the molecule is Cc1ccc(S(=O)(=O)N(CC(=O)N(Cc2ccc(F)cc2)[C@H](Cc2ccccc2)C(=O)NC2CCCC2)c2ccc(Cl)cc2)cc1. The maximum Gasteiger partial charge on any atom is 0.264 e. The molecule has 1 atom stereocenters. The quantitative estimate of drug-likeness (QED) is 0.184. The number of nitrogens with zero attached hydrogens (tertiary/aromatic N) is 2. The molecule has 10 heteroatoms. The van der Waals surface area contributed by atoms with Gasteiger partial charge in [-0.3, -0.25) is 13.9 Å². The lowest BCUT2D eigenvalue weighted by Crippen LogP contribution is -2.54. The van der Waals surface area contributed by atoms with Crippen molar-refractivity contribution in [1.82, 2.24) is 10.2 Å². The fourth-order valence-corrected chi connectivity index (χ4v) is 7.22. The first-order chi connectivity index (χ1) is 22.1. The van der Waals surface area contributed by atoms with Gasteiger partial charge < -0.3 is 10.2 Å². The Morgan fingerprint density at radius 1 is 0.870 bits per heavy atom. The van der Waals surface area contributed by atoms with Crippen LogP contribution in [0.25, 0.3) is 0 Å². The molecule has 240 valence electrons. The van der Waals surface area contributed by atoms with Gasteiger partial charge in [0.2, 0.25) is 11.8 Å². The highest BCUT2D eigenvalue weighted by Crippen LogP contribution is 2.27. The molecule has 0 aromatic heterocycles. The van der Waals surface area contributed by atoms with Gasteiger partial charge in [0.05, 0.1) is 10.6 Å². The summed E-state index contributed by atoms with van der Waals surface area (Å²) in [6.45, 7) is 1.24. The lowest BCUT2D eigenvalue weighted by Gasteiger charge is -2.34. The fraction of sp³-hybridized carbons (Fsp3) is 0.278. The van der Waals surface area contributed by atoms with E-state index >= 15 is 0 Å². The topological polar surface area (TPSA) is 86.8 Å². The number of aryl methyl sites for hydroxylation is 1. The van der Waals surface area contributed by atoms with Crippen LogP contribution in [0.4, 0.5) is 10.1 Å². The Labute approximate surface area is 275 Å². The zero-order chi connectivity index (χ0) is 32.7. The number of rotatable bonds is 12. The van der Waals surface area contributed by atoms with Crippen molar-refractivity contribution < 1.29 is 22.4 Å². The summed E-state index contributed by atoms with van der Waals surface area (Å²) in [6, 6.07) is 26.7. The smallest absolute Gasteiger partial charge is 0.264 e. The van der Waals surface area contributed by atoms with Gasteiger partial charge >= 0.3 is 0 Å². The van der Waals surface area contributed by atoms with Crippen molar-refractivity contribution in [3.63, 3.8) is 0 Å². The van der Waals surface area contributed by atoms with Gasteiger partial charge in [-0.15, -0.1) is 0 Å². The van der Waals surface area contributed by atoms with E-state index in [1.807, 2.05) is 37.3 Å². The molecule has 46 heavy (non-hydrogen) atoms. The molecule has 4 aromatic carbocycles. The third-order valence-electron chi connectivity index (χ3n) is 8.24. The zero-order valence-electron chi connectivity index (χ0n) is 25.6. The van der Waals surface area contributed by atoms with Crippen LogP contribution >= 0.6 is 11.6 Å². The van der Waals surface area contributed by atoms with Crippen LogP contribution < -0.4 is 9.62 Å². The van der Waals surface area contributed by atoms with Crippen LogP contribution in [-0.4, -0.2) is 43.8 Å². The standard InChI is InChI=1S/C36H37ClFN3O4S/c1-26-11-21-33(22-12-26)46(44,45)41(32-19-15-29(37)16-20-32)25-35(42)40(24-28-13-17-30(38)18-14-28)34(23-27-7-3-2-4-8-27)36(43)39-31-9-5-6-10-31/h2-4,7-8,11-22,31,34H,5-6,9-10,23-25H2,1H3,(H,39,43)/t34-/m1/s1. The molecule has 0 aliphatic heterocycles. The zero-order valence-corrected chi connectivity index (χ0v) is 27.2. The van der Waals surface area contributed by atoms with Crippen LogP contribution in [0.3, 0.4) is 0 Å². The molecule has 1 fully saturated rings. The normalized spacial score (nSPS) is 14.1. The molecule has 0 unspecified atom stereocenters. The van der Waals surface area contributed by atoms with Crippen molar-refractivity contribution in [2.75, 3.05) is 10.8 Å². The van der Waals surface area contributed by atoms with Gasteiger partial charge in [-0.05, 0) is 79.4 Å². The second kappa shape index (κ2) is 14.9. The van der Waals surface area contributed by atoms with Gasteiger partial charge in [0.25, 0.3) is 10.0 Å². The van der Waals surface area contributed by atoms with Crippen LogP contribution in [-0.2, 0) is 32.6 Å². The van der Waals surface area contributed by atoms with Gasteiger partial charge in [-0.2, -0.15) is 0 Å². The maximum absolute atomic E-state index is 14.5. The molecule has 0 radical (unpaired) electrons. The highest BCUT2D eigenvalue weighted by atomic mass is 35.5. The van der Waals surface area contributed by atoms with Gasteiger partial charge in [0.15, 0.2) is 0 Å². The van der Waals surface area contributed by atoms with Gasteiger partial charge in [0.1, 0.15) is 18.4 Å². The van der Waals surface area contributed by atoms with Crippen molar-refractivity contribution in [3.8, 4) is 0 Å². The Hall–Kier alpha value is -4.21. The summed E-state index contributed by atoms with van der Waals surface area (Å²) >= 11 is 6.13. The maximum atomic E-state index is 14.5.